The summed E-state index contributed by atoms with van der Waals surface area (Å²) in [7, 11) is 0. The van der Waals surface area contributed by atoms with Gasteiger partial charge in [0.25, 0.3) is 0 Å². The number of carboxylic acid groups (broad SMARTS) is 1. The Morgan fingerprint density at radius 2 is 2.38 bits per heavy atom. The zero-order chi connectivity index (χ0) is 9.84. The first kappa shape index (κ1) is 11.5. The highest BCUT2D eigenvalue weighted by Crippen LogP contribution is 2.30. The predicted octanol–water partition coefficient (Wildman–Crippen LogP) is 3.52. The molecule has 0 bridgehead atoms. The molecule has 0 unspecified atom stereocenters. The van der Waals surface area contributed by atoms with Crippen LogP contribution >= 0.6 is 49.9 Å². The number of aryl methyl sites for hydroxylation is 1. The largest absolute Gasteiger partial charge is 0.481 e. The molecule has 0 amide bonds. The first-order valence-corrected chi connectivity index (χ1v) is 6.44. The van der Waals surface area contributed by atoms with Crippen molar-refractivity contribution in [3.05, 3.63) is 18.3 Å². The average molecular weight is 375 g/mol. The molecule has 72 valence electrons. The molecule has 5 heteroatoms. The number of carbonyl (C=O) groups is 1. The molecule has 0 saturated carbocycles. The summed E-state index contributed by atoms with van der Waals surface area (Å²) >= 11 is 7.40. The van der Waals surface area contributed by atoms with E-state index in [1.807, 2.05) is 0 Å². The van der Waals surface area contributed by atoms with E-state index in [-0.39, 0.29) is 6.42 Å². The summed E-state index contributed by atoms with van der Waals surface area (Å²) in [6, 6.07) is 2.09. The third-order valence-electron chi connectivity index (χ3n) is 1.56. The van der Waals surface area contributed by atoms with Crippen LogP contribution in [0.3, 0.4) is 0 Å². The fraction of sp³-hybridized carbons (Fsp3) is 0.375. The van der Waals surface area contributed by atoms with Crippen LogP contribution in [-0.2, 0) is 11.2 Å². The Morgan fingerprint density at radius 1 is 1.69 bits per heavy atom. The smallest absolute Gasteiger partial charge is 0.303 e. The molecular formula is C8H8BrIO2S. The molecule has 0 spiro atoms. The van der Waals surface area contributed by atoms with E-state index in [0.717, 1.165) is 10.2 Å². The van der Waals surface area contributed by atoms with Crippen LogP contribution in [0.5, 0.6) is 0 Å². The first-order valence-electron chi connectivity index (χ1n) is 3.75. The molecule has 1 N–H and O–H groups in total. The number of hydrogen-bond donors (Lipinski definition) is 1. The van der Waals surface area contributed by atoms with Gasteiger partial charge in [-0.1, -0.05) is 0 Å². The lowest BCUT2D eigenvalue weighted by molar-refractivity contribution is -0.137. The molecule has 1 aromatic heterocycles. The molecule has 0 aromatic carbocycles. The van der Waals surface area contributed by atoms with Crippen molar-refractivity contribution in [2.75, 3.05) is 0 Å². The third kappa shape index (κ3) is 3.95. The second-order valence-corrected chi connectivity index (χ2v) is 6.86. The summed E-state index contributed by atoms with van der Waals surface area (Å²) in [6.07, 6.45) is 1.80. The Balaban J connectivity index is 2.45. The van der Waals surface area contributed by atoms with E-state index >= 15 is 0 Å². The zero-order valence-electron chi connectivity index (χ0n) is 6.72. The van der Waals surface area contributed by atoms with E-state index in [0.29, 0.717) is 6.42 Å². The van der Waals surface area contributed by atoms with Crippen LogP contribution in [0.4, 0.5) is 0 Å². The topological polar surface area (TPSA) is 37.3 Å². The number of thiophene rings is 1. The lowest BCUT2D eigenvalue weighted by Gasteiger charge is -1.95. The highest BCUT2D eigenvalue weighted by Gasteiger charge is 2.05. The van der Waals surface area contributed by atoms with Crippen LogP contribution in [0.2, 0.25) is 0 Å². The average Bonchev–Trinajstić information content (AvgIpc) is 2.29. The van der Waals surface area contributed by atoms with E-state index in [4.69, 9.17) is 5.11 Å². The van der Waals surface area contributed by atoms with Gasteiger partial charge in [-0.15, -0.1) is 11.3 Å². The number of halogens is 2. The monoisotopic (exact) mass is 374 g/mol. The van der Waals surface area contributed by atoms with Gasteiger partial charge < -0.3 is 5.11 Å². The summed E-state index contributed by atoms with van der Waals surface area (Å²) in [5.41, 5.74) is 1.22. The van der Waals surface area contributed by atoms with Gasteiger partial charge in [-0.05, 0) is 63.0 Å². The SMILES string of the molecule is O=C(O)CCCc1cc(I)sc1Br. The van der Waals surface area contributed by atoms with E-state index in [1.54, 1.807) is 11.3 Å². The van der Waals surface area contributed by atoms with Crippen molar-refractivity contribution >= 4 is 55.8 Å². The fourth-order valence-corrected chi connectivity index (χ4v) is 4.42. The minimum atomic E-state index is -0.721. The molecule has 0 aliphatic heterocycles. The van der Waals surface area contributed by atoms with Crippen molar-refractivity contribution < 1.29 is 9.90 Å². The van der Waals surface area contributed by atoms with Gasteiger partial charge in [-0.3, -0.25) is 4.79 Å². The molecule has 0 fully saturated rings. The van der Waals surface area contributed by atoms with Gasteiger partial charge in [0.05, 0.1) is 6.67 Å². The van der Waals surface area contributed by atoms with E-state index in [9.17, 15) is 4.79 Å². The van der Waals surface area contributed by atoms with Gasteiger partial charge >= 0.3 is 5.97 Å². The van der Waals surface area contributed by atoms with E-state index in [2.05, 4.69) is 44.6 Å². The second kappa shape index (κ2) is 5.31. The molecule has 0 atom stereocenters. The maximum Gasteiger partial charge on any atom is 0.303 e. The molecule has 0 aliphatic rings. The molecule has 0 radical (unpaired) electrons. The van der Waals surface area contributed by atoms with Crippen LogP contribution in [0, 0.1) is 2.88 Å². The lowest BCUT2D eigenvalue weighted by atomic mass is 10.1. The summed E-state index contributed by atoms with van der Waals surface area (Å²) in [5, 5.41) is 8.46. The molecule has 2 nitrogen and oxygen atoms in total. The van der Waals surface area contributed by atoms with Gasteiger partial charge in [-0.25, -0.2) is 0 Å². The molecule has 1 heterocycles. The van der Waals surface area contributed by atoms with E-state index < -0.39 is 5.97 Å². The Hall–Kier alpha value is 0.380. The number of rotatable bonds is 4. The lowest BCUT2D eigenvalue weighted by Crippen LogP contribution is -1.95. The van der Waals surface area contributed by atoms with Gasteiger partial charge in [0.2, 0.25) is 0 Å². The standard InChI is InChI=1S/C8H8BrIO2S/c9-8-5(4-6(10)13-8)2-1-3-7(11)12/h4H,1-3H2,(H,11,12). The van der Waals surface area contributed by atoms with Crippen molar-refractivity contribution in [1.82, 2.24) is 0 Å². The van der Waals surface area contributed by atoms with Crippen LogP contribution < -0.4 is 0 Å². The maximum atomic E-state index is 10.3. The van der Waals surface area contributed by atoms with Gasteiger partial charge in [0, 0.05) is 6.42 Å². The van der Waals surface area contributed by atoms with Crippen molar-refractivity contribution in [3.8, 4) is 0 Å². The van der Waals surface area contributed by atoms with Crippen LogP contribution in [0.1, 0.15) is 18.4 Å². The Bertz CT molecular complexity index is 311. The molecule has 0 aliphatic carbocycles. The molecule has 1 aromatic rings. The van der Waals surface area contributed by atoms with Crippen molar-refractivity contribution in [3.63, 3.8) is 0 Å². The normalized spacial score (nSPS) is 10.3. The van der Waals surface area contributed by atoms with Gasteiger partial charge in [0.15, 0.2) is 0 Å². The van der Waals surface area contributed by atoms with Crippen molar-refractivity contribution in [2.45, 2.75) is 19.3 Å². The summed E-state index contributed by atoms with van der Waals surface area (Å²) in [5.74, 6) is -0.721. The van der Waals surface area contributed by atoms with Gasteiger partial charge in [-0.2, -0.15) is 0 Å². The Labute approximate surface area is 103 Å². The van der Waals surface area contributed by atoms with Crippen LogP contribution in [-0.4, -0.2) is 11.1 Å². The second-order valence-electron chi connectivity index (χ2n) is 2.60. The van der Waals surface area contributed by atoms with Crippen molar-refractivity contribution in [1.29, 1.82) is 0 Å². The predicted molar refractivity (Wildman–Crippen MR) is 65.3 cm³/mol. The number of hydrogen-bond acceptors (Lipinski definition) is 2. The maximum absolute atomic E-state index is 10.3. The molecular weight excluding hydrogens is 367 g/mol. The minimum absolute atomic E-state index is 0.249. The summed E-state index contributed by atoms with van der Waals surface area (Å²) in [6.45, 7) is 0. The van der Waals surface area contributed by atoms with Crippen LogP contribution in [0.15, 0.2) is 9.85 Å². The molecule has 0 saturated heterocycles. The zero-order valence-corrected chi connectivity index (χ0v) is 11.3. The van der Waals surface area contributed by atoms with Crippen LogP contribution in [0.25, 0.3) is 0 Å². The molecule has 1 rings (SSSR count). The summed E-state index contributed by atoms with van der Waals surface area (Å²) < 4.78 is 2.36. The highest BCUT2D eigenvalue weighted by atomic mass is 127. The minimum Gasteiger partial charge on any atom is -0.481 e. The Kier molecular flexibility index (Phi) is 4.68. The highest BCUT2D eigenvalue weighted by molar-refractivity contribution is 14.1. The number of carboxylic acids is 1. The first-order chi connectivity index (χ1) is 6.09. The third-order valence-corrected chi connectivity index (χ3v) is 4.29. The Morgan fingerprint density at radius 3 is 2.85 bits per heavy atom. The quantitative estimate of drug-likeness (QED) is 0.818. The number of aliphatic carboxylic acids is 1. The fourth-order valence-electron chi connectivity index (χ4n) is 0.975. The van der Waals surface area contributed by atoms with E-state index in [1.165, 1.54) is 8.45 Å². The summed E-state index contributed by atoms with van der Waals surface area (Å²) in [4.78, 5) is 10.3. The van der Waals surface area contributed by atoms with Gasteiger partial charge in [0.1, 0.15) is 0 Å². The molecule has 13 heavy (non-hydrogen) atoms. The van der Waals surface area contributed by atoms with Crippen molar-refractivity contribution in [2.24, 2.45) is 0 Å².